The molecule has 0 saturated carbocycles. The first-order valence-corrected chi connectivity index (χ1v) is 8.20. The number of alkyl carbamates (subject to hydrolysis) is 1. The van der Waals surface area contributed by atoms with Crippen LogP contribution in [0.4, 0.5) is 4.79 Å². The second-order valence-corrected chi connectivity index (χ2v) is 7.31. The normalized spacial score (nSPS) is 12.0. The average Bonchev–Trinajstić information content (AvgIpc) is 2.46. The monoisotopic (exact) mass is 437 g/mol. The van der Waals surface area contributed by atoms with Crippen molar-refractivity contribution in [2.24, 2.45) is 5.92 Å². The maximum atomic E-state index is 12.5. The van der Waals surface area contributed by atoms with Crippen LogP contribution in [0.2, 0.25) is 0 Å². The number of nitrogens with one attached hydrogen (secondary N) is 1. The van der Waals surface area contributed by atoms with Crippen molar-refractivity contribution in [3.05, 3.63) is 29.3 Å². The number of aldehydes is 1. The number of amides is 1. The number of ether oxygens (including phenoxy) is 2. The van der Waals surface area contributed by atoms with E-state index in [9.17, 15) is 14.4 Å². The molecule has 26 heavy (non-hydrogen) atoms. The number of rotatable bonds is 6. The number of carbonyl (C=O) groups excluding carboxylic acids is 3. The van der Waals surface area contributed by atoms with E-state index in [1.54, 1.807) is 33.8 Å². The zero-order valence-corrected chi connectivity index (χ0v) is 19.1. The fraction of sp³-hybridized carbons (Fsp3) is 0.526. The van der Waals surface area contributed by atoms with E-state index in [0.717, 1.165) is 0 Å². The Labute approximate surface area is 180 Å². The van der Waals surface area contributed by atoms with E-state index >= 15 is 0 Å². The van der Waals surface area contributed by atoms with E-state index in [-0.39, 0.29) is 44.4 Å². The summed E-state index contributed by atoms with van der Waals surface area (Å²) in [6, 6.07) is 4.98. The first-order chi connectivity index (χ1) is 11.5. The van der Waals surface area contributed by atoms with Crippen LogP contribution in [0.5, 0.6) is 5.75 Å². The molecule has 1 aromatic rings. The molecule has 1 amide bonds. The Kier molecular flexibility index (Phi) is 10.3. The number of carbonyl (C=O) groups is 3. The Morgan fingerprint density at radius 1 is 1.31 bits per heavy atom. The SMILES string of the molecule is Cc1cc(C=O)c[c-]c1OC(=O)C(CC(C)C)NC(=O)OC(C)(C)C.[Y]. The van der Waals surface area contributed by atoms with Gasteiger partial charge in [-0.2, -0.15) is 12.1 Å². The van der Waals surface area contributed by atoms with Gasteiger partial charge < -0.3 is 19.6 Å². The molecule has 1 radical (unpaired) electrons. The van der Waals surface area contributed by atoms with E-state index < -0.39 is 23.7 Å². The van der Waals surface area contributed by atoms with Gasteiger partial charge in [0.25, 0.3) is 0 Å². The second kappa shape index (κ2) is 10.8. The van der Waals surface area contributed by atoms with Crippen molar-refractivity contribution in [3.8, 4) is 5.75 Å². The van der Waals surface area contributed by atoms with Crippen LogP contribution < -0.4 is 10.1 Å². The molecule has 6 nitrogen and oxygen atoms in total. The Bertz CT molecular complexity index is 637. The maximum Gasteiger partial charge on any atom is 0.408 e. The van der Waals surface area contributed by atoms with Crippen molar-refractivity contribution in [1.82, 2.24) is 5.32 Å². The summed E-state index contributed by atoms with van der Waals surface area (Å²) in [5.74, 6) is -0.205. The molecule has 0 aliphatic rings. The van der Waals surface area contributed by atoms with Gasteiger partial charge in [0.05, 0.1) is 6.29 Å². The fourth-order valence-corrected chi connectivity index (χ4v) is 2.10. The minimum Gasteiger partial charge on any atom is -0.452 e. The number of hydrogen-bond donors (Lipinski definition) is 1. The molecule has 1 aromatic carbocycles. The molecule has 0 saturated heterocycles. The summed E-state index contributed by atoms with van der Waals surface area (Å²) >= 11 is 0. The minimum atomic E-state index is -0.839. The first-order valence-electron chi connectivity index (χ1n) is 8.20. The van der Waals surface area contributed by atoms with Crippen LogP contribution in [-0.4, -0.2) is 30.0 Å². The molecule has 0 heterocycles. The van der Waals surface area contributed by atoms with Crippen molar-refractivity contribution in [2.45, 2.75) is 59.6 Å². The van der Waals surface area contributed by atoms with Gasteiger partial charge in [-0.15, -0.1) is 11.6 Å². The number of benzene rings is 1. The van der Waals surface area contributed by atoms with E-state index in [1.165, 1.54) is 6.07 Å². The zero-order chi connectivity index (χ0) is 19.2. The summed E-state index contributed by atoms with van der Waals surface area (Å²) in [5, 5.41) is 2.56. The van der Waals surface area contributed by atoms with Crippen LogP contribution in [0.25, 0.3) is 0 Å². The molecule has 1 atom stereocenters. The van der Waals surface area contributed by atoms with Crippen molar-refractivity contribution in [1.29, 1.82) is 0 Å². The van der Waals surface area contributed by atoms with Crippen LogP contribution in [0.1, 0.15) is 57.0 Å². The molecule has 141 valence electrons. The van der Waals surface area contributed by atoms with Crippen molar-refractivity contribution in [2.75, 3.05) is 0 Å². The summed E-state index contributed by atoms with van der Waals surface area (Å²) < 4.78 is 10.6. The third kappa shape index (κ3) is 8.90. The van der Waals surface area contributed by atoms with Gasteiger partial charge in [0.1, 0.15) is 11.6 Å². The second-order valence-electron chi connectivity index (χ2n) is 7.31. The summed E-state index contributed by atoms with van der Waals surface area (Å²) in [6.07, 6.45) is 0.427. The Morgan fingerprint density at radius 2 is 1.92 bits per heavy atom. The maximum absolute atomic E-state index is 12.5. The van der Waals surface area contributed by atoms with Crippen LogP contribution in [-0.2, 0) is 42.2 Å². The van der Waals surface area contributed by atoms with Crippen molar-refractivity contribution < 1.29 is 56.6 Å². The fourth-order valence-electron chi connectivity index (χ4n) is 2.10. The zero-order valence-electron chi connectivity index (χ0n) is 16.2. The Morgan fingerprint density at radius 3 is 2.38 bits per heavy atom. The number of aryl methyl sites for hydroxylation is 1. The molecule has 0 aliphatic carbocycles. The molecule has 1 unspecified atom stereocenters. The van der Waals surface area contributed by atoms with E-state index in [2.05, 4.69) is 11.4 Å². The molecule has 0 spiro atoms. The van der Waals surface area contributed by atoms with Crippen LogP contribution in [0.3, 0.4) is 0 Å². The molecule has 1 N–H and O–H groups in total. The van der Waals surface area contributed by atoms with Crippen molar-refractivity contribution >= 4 is 18.3 Å². The van der Waals surface area contributed by atoms with Gasteiger partial charge in [0.2, 0.25) is 0 Å². The van der Waals surface area contributed by atoms with Gasteiger partial charge in [-0.3, -0.25) is 0 Å². The van der Waals surface area contributed by atoms with E-state index in [1.807, 2.05) is 13.8 Å². The van der Waals surface area contributed by atoms with Gasteiger partial charge in [0.15, 0.2) is 0 Å². The van der Waals surface area contributed by atoms with E-state index in [4.69, 9.17) is 9.47 Å². The quantitative estimate of drug-likeness (QED) is 0.319. The third-order valence-corrected chi connectivity index (χ3v) is 3.13. The van der Waals surface area contributed by atoms with Crippen LogP contribution >= 0.6 is 0 Å². The van der Waals surface area contributed by atoms with Gasteiger partial charge in [-0.25, -0.2) is 9.59 Å². The smallest absolute Gasteiger partial charge is 0.408 e. The number of hydrogen-bond acceptors (Lipinski definition) is 5. The van der Waals surface area contributed by atoms with Gasteiger partial charge >= 0.3 is 12.1 Å². The average molecular weight is 437 g/mol. The Hall–Kier alpha value is -1.27. The summed E-state index contributed by atoms with van der Waals surface area (Å²) in [6.45, 7) is 10.8. The molecular formula is C19H26NO5Y-. The van der Waals surface area contributed by atoms with Gasteiger partial charge in [-0.1, -0.05) is 26.3 Å². The summed E-state index contributed by atoms with van der Waals surface area (Å²) in [7, 11) is 0. The largest absolute Gasteiger partial charge is 0.452 e. The predicted octanol–water partition coefficient (Wildman–Crippen LogP) is 3.45. The van der Waals surface area contributed by atoms with Crippen LogP contribution in [0.15, 0.2) is 12.1 Å². The molecule has 1 rings (SSSR count). The molecule has 7 heteroatoms. The topological polar surface area (TPSA) is 81.7 Å². The van der Waals surface area contributed by atoms with Crippen molar-refractivity contribution in [3.63, 3.8) is 0 Å². The standard InChI is InChI=1S/C19H26NO5.Y/c1-12(2)9-15(20-18(23)25-19(4,5)6)17(22)24-16-8-7-14(11-21)10-13(16)3;/h7,10-12,15H,9H2,1-6H3,(H,20,23);/q-1;. The Balaban J connectivity index is 0.00000625. The first kappa shape index (κ1) is 24.7. The molecular weight excluding hydrogens is 411 g/mol. The van der Waals surface area contributed by atoms with E-state index in [0.29, 0.717) is 23.8 Å². The predicted molar refractivity (Wildman–Crippen MR) is 93.7 cm³/mol. The summed E-state index contributed by atoms with van der Waals surface area (Å²) in [4.78, 5) is 35.2. The molecule has 0 bridgehead atoms. The molecule has 0 aliphatic heterocycles. The van der Waals surface area contributed by atoms with Gasteiger partial charge in [-0.05, 0) is 33.1 Å². The molecule has 0 fully saturated rings. The third-order valence-electron chi connectivity index (χ3n) is 3.13. The van der Waals surface area contributed by atoms with Crippen LogP contribution in [0, 0.1) is 18.9 Å². The van der Waals surface area contributed by atoms with Gasteiger partial charge in [0, 0.05) is 38.5 Å². The molecule has 0 aromatic heterocycles. The summed E-state index contributed by atoms with van der Waals surface area (Å²) in [5.41, 5.74) is 0.396. The number of esters is 1. The minimum absolute atomic E-state index is 0.